The standard InChI is InChI=1S/C12H18O/c1-3-5-13-11-8-6-9-10(11)12(9,4-2)7-8/h3,8-11H,1,4-7H2,2H3. The van der Waals surface area contributed by atoms with Crippen LogP contribution in [0.1, 0.15) is 26.2 Å². The van der Waals surface area contributed by atoms with Crippen molar-refractivity contribution in [3.8, 4) is 0 Å². The molecule has 4 bridgehead atoms. The lowest BCUT2D eigenvalue weighted by Crippen LogP contribution is -2.17. The van der Waals surface area contributed by atoms with Crippen LogP contribution in [-0.2, 0) is 4.74 Å². The molecule has 5 unspecified atom stereocenters. The summed E-state index contributed by atoms with van der Waals surface area (Å²) in [4.78, 5) is 0. The summed E-state index contributed by atoms with van der Waals surface area (Å²) in [5.41, 5.74) is 0.747. The first-order valence-corrected chi connectivity index (χ1v) is 5.56. The Morgan fingerprint density at radius 3 is 3.00 bits per heavy atom. The van der Waals surface area contributed by atoms with Gasteiger partial charge in [0.15, 0.2) is 0 Å². The first-order valence-electron chi connectivity index (χ1n) is 5.56. The average molecular weight is 178 g/mol. The Balaban J connectivity index is 1.73. The quantitative estimate of drug-likeness (QED) is 0.601. The van der Waals surface area contributed by atoms with E-state index in [1.807, 2.05) is 6.08 Å². The third kappa shape index (κ3) is 0.775. The molecule has 4 aliphatic rings. The summed E-state index contributed by atoms with van der Waals surface area (Å²) in [6, 6.07) is 0. The molecule has 5 atom stereocenters. The van der Waals surface area contributed by atoms with Gasteiger partial charge in [0.25, 0.3) is 0 Å². The SMILES string of the molecule is C=CCOC1C2CC3C1C3(CC)C2. The lowest BCUT2D eigenvalue weighted by molar-refractivity contribution is 0.0456. The van der Waals surface area contributed by atoms with E-state index in [0.717, 1.165) is 29.8 Å². The molecule has 0 radical (unpaired) electrons. The van der Waals surface area contributed by atoms with Gasteiger partial charge in [-0.15, -0.1) is 6.58 Å². The van der Waals surface area contributed by atoms with E-state index in [2.05, 4.69) is 13.5 Å². The lowest BCUT2D eigenvalue weighted by atomic mass is 10.0. The van der Waals surface area contributed by atoms with Crippen LogP contribution in [0.4, 0.5) is 0 Å². The highest BCUT2D eigenvalue weighted by atomic mass is 16.5. The van der Waals surface area contributed by atoms with Gasteiger partial charge in [0, 0.05) is 0 Å². The second kappa shape index (κ2) is 2.38. The van der Waals surface area contributed by atoms with Gasteiger partial charge < -0.3 is 4.74 Å². The number of hydrogen-bond acceptors (Lipinski definition) is 1. The van der Waals surface area contributed by atoms with Crippen molar-refractivity contribution < 1.29 is 4.74 Å². The van der Waals surface area contributed by atoms with Crippen LogP contribution < -0.4 is 0 Å². The second-order valence-electron chi connectivity index (χ2n) is 5.01. The van der Waals surface area contributed by atoms with Crippen LogP contribution in [0.15, 0.2) is 12.7 Å². The summed E-state index contributed by atoms with van der Waals surface area (Å²) in [6.45, 7) is 6.82. The molecule has 0 saturated heterocycles. The minimum absolute atomic E-state index is 0.600. The molecule has 0 amide bonds. The van der Waals surface area contributed by atoms with E-state index in [4.69, 9.17) is 4.74 Å². The van der Waals surface area contributed by atoms with Crippen molar-refractivity contribution in [1.82, 2.24) is 0 Å². The Labute approximate surface area is 80.2 Å². The minimum atomic E-state index is 0.600. The van der Waals surface area contributed by atoms with Gasteiger partial charge in [-0.25, -0.2) is 0 Å². The molecular weight excluding hydrogens is 160 g/mol. The zero-order valence-corrected chi connectivity index (χ0v) is 8.33. The molecule has 0 aromatic carbocycles. The van der Waals surface area contributed by atoms with Crippen LogP contribution in [0.5, 0.6) is 0 Å². The lowest BCUT2D eigenvalue weighted by Gasteiger charge is -2.14. The maximum atomic E-state index is 5.87. The number of ether oxygens (including phenoxy) is 1. The summed E-state index contributed by atoms with van der Waals surface area (Å²) in [6.07, 6.45) is 6.78. The first-order chi connectivity index (χ1) is 6.33. The van der Waals surface area contributed by atoms with E-state index in [1.165, 1.54) is 19.3 Å². The fourth-order valence-electron chi connectivity index (χ4n) is 4.34. The monoisotopic (exact) mass is 178 g/mol. The van der Waals surface area contributed by atoms with Crippen LogP contribution in [0, 0.1) is 23.2 Å². The second-order valence-corrected chi connectivity index (χ2v) is 5.01. The van der Waals surface area contributed by atoms with Gasteiger partial charge >= 0.3 is 0 Å². The van der Waals surface area contributed by atoms with Crippen LogP contribution in [0.2, 0.25) is 0 Å². The zero-order valence-electron chi connectivity index (χ0n) is 8.33. The molecule has 4 aliphatic carbocycles. The van der Waals surface area contributed by atoms with E-state index >= 15 is 0 Å². The van der Waals surface area contributed by atoms with Gasteiger partial charge in [0.1, 0.15) is 0 Å². The van der Waals surface area contributed by atoms with E-state index < -0.39 is 0 Å². The number of hydrogen-bond donors (Lipinski definition) is 0. The molecule has 0 aromatic heterocycles. The Morgan fingerprint density at radius 1 is 1.62 bits per heavy atom. The predicted octanol–water partition coefficient (Wildman–Crippen LogP) is 2.62. The van der Waals surface area contributed by atoms with E-state index in [1.54, 1.807) is 0 Å². The highest BCUT2D eigenvalue weighted by molar-refractivity contribution is 5.26. The van der Waals surface area contributed by atoms with E-state index in [-0.39, 0.29) is 0 Å². The molecule has 1 heteroatoms. The van der Waals surface area contributed by atoms with Gasteiger partial charge in [-0.1, -0.05) is 13.0 Å². The van der Waals surface area contributed by atoms with E-state index in [9.17, 15) is 0 Å². The maximum Gasteiger partial charge on any atom is 0.0648 e. The highest BCUT2D eigenvalue weighted by Crippen LogP contribution is 2.80. The van der Waals surface area contributed by atoms with Crippen molar-refractivity contribution in [3.63, 3.8) is 0 Å². The van der Waals surface area contributed by atoms with Crippen molar-refractivity contribution in [2.75, 3.05) is 6.61 Å². The Bertz CT molecular complexity index is 248. The van der Waals surface area contributed by atoms with Crippen molar-refractivity contribution in [1.29, 1.82) is 0 Å². The van der Waals surface area contributed by atoms with Crippen molar-refractivity contribution >= 4 is 0 Å². The van der Waals surface area contributed by atoms with Gasteiger partial charge in [-0.2, -0.15) is 0 Å². The average Bonchev–Trinajstić information content (AvgIpc) is 2.59. The molecule has 4 saturated carbocycles. The highest BCUT2D eigenvalue weighted by Gasteiger charge is 2.77. The Hall–Kier alpha value is -0.300. The van der Waals surface area contributed by atoms with Crippen LogP contribution >= 0.6 is 0 Å². The van der Waals surface area contributed by atoms with Gasteiger partial charge in [0.05, 0.1) is 12.7 Å². The normalized spacial score (nSPS) is 55.5. The molecule has 72 valence electrons. The summed E-state index contributed by atoms with van der Waals surface area (Å²) < 4.78 is 5.87. The molecule has 4 rings (SSSR count). The fraction of sp³-hybridized carbons (Fsp3) is 0.833. The third-order valence-electron chi connectivity index (χ3n) is 4.81. The largest absolute Gasteiger partial charge is 0.374 e. The van der Waals surface area contributed by atoms with Crippen LogP contribution in [-0.4, -0.2) is 12.7 Å². The molecule has 0 spiro atoms. The Kier molecular flexibility index (Phi) is 1.48. The van der Waals surface area contributed by atoms with Gasteiger partial charge in [-0.3, -0.25) is 0 Å². The third-order valence-corrected chi connectivity index (χ3v) is 4.81. The van der Waals surface area contributed by atoms with Crippen molar-refractivity contribution in [2.45, 2.75) is 32.3 Å². The summed E-state index contributed by atoms with van der Waals surface area (Å²) in [7, 11) is 0. The van der Waals surface area contributed by atoms with Crippen molar-refractivity contribution in [3.05, 3.63) is 12.7 Å². The molecule has 0 N–H and O–H groups in total. The topological polar surface area (TPSA) is 9.23 Å². The van der Waals surface area contributed by atoms with Crippen LogP contribution in [0.3, 0.4) is 0 Å². The van der Waals surface area contributed by atoms with Gasteiger partial charge in [-0.05, 0) is 42.4 Å². The molecule has 0 aliphatic heterocycles. The van der Waals surface area contributed by atoms with Crippen LogP contribution in [0.25, 0.3) is 0 Å². The molecule has 1 nitrogen and oxygen atoms in total. The summed E-state index contributed by atoms with van der Waals surface area (Å²) >= 11 is 0. The molecule has 4 fully saturated rings. The van der Waals surface area contributed by atoms with Crippen molar-refractivity contribution in [2.24, 2.45) is 23.2 Å². The Morgan fingerprint density at radius 2 is 2.46 bits per heavy atom. The predicted molar refractivity (Wildman–Crippen MR) is 52.4 cm³/mol. The molecule has 13 heavy (non-hydrogen) atoms. The zero-order chi connectivity index (χ0) is 9.05. The van der Waals surface area contributed by atoms with Gasteiger partial charge in [0.2, 0.25) is 0 Å². The molecular formula is C12H18O. The van der Waals surface area contributed by atoms with E-state index in [0.29, 0.717) is 6.10 Å². The summed E-state index contributed by atoms with van der Waals surface area (Å²) in [5, 5.41) is 0. The maximum absolute atomic E-state index is 5.87. The molecule has 0 aromatic rings. The smallest absolute Gasteiger partial charge is 0.0648 e. The minimum Gasteiger partial charge on any atom is -0.374 e. The fourth-order valence-corrected chi connectivity index (χ4v) is 4.34. The summed E-state index contributed by atoms with van der Waals surface area (Å²) in [5.74, 6) is 2.87. The number of rotatable bonds is 4. The molecule has 0 heterocycles. The first kappa shape index (κ1) is 8.05.